The smallest absolute Gasteiger partial charge is 0.335 e. The van der Waals surface area contributed by atoms with Gasteiger partial charge in [-0.15, -0.1) is 0 Å². The number of hydrogen-bond acceptors (Lipinski definition) is 1. The predicted octanol–water partition coefficient (Wildman–Crippen LogP) is 1.84. The number of rotatable bonds is 1. The predicted molar refractivity (Wildman–Crippen MR) is 38.3 cm³/mol. The molecule has 0 spiro atoms. The summed E-state index contributed by atoms with van der Waals surface area (Å²) in [4.78, 5) is 10.4. The molecule has 3 nitrogen and oxygen atoms in total. The second-order valence-corrected chi connectivity index (χ2v) is 2.29. The molecule has 0 aliphatic rings. The zero-order valence-electron chi connectivity index (χ0n) is 6.00. The average molecular weight is 151 g/mol. The lowest BCUT2D eigenvalue weighted by atomic mass is 10.1. The van der Waals surface area contributed by atoms with E-state index in [0.29, 0.717) is 5.56 Å². The Morgan fingerprint density at radius 1 is 1.45 bits per heavy atom. The fourth-order valence-electron chi connectivity index (χ4n) is 0.782. The lowest BCUT2D eigenvalue weighted by Gasteiger charge is -1.96. The molecule has 1 N–H and O–H groups in total. The van der Waals surface area contributed by atoms with Crippen LogP contribution in [0.25, 0.3) is 0 Å². The van der Waals surface area contributed by atoms with Crippen LogP contribution >= 0.6 is 0 Å². The van der Waals surface area contributed by atoms with Crippen LogP contribution in [-0.4, -0.2) is 11.1 Å². The first kappa shape index (κ1) is 7.60. The second kappa shape index (κ2) is 2.62. The maximum absolute atomic E-state index is 10.8. The molecule has 1 aromatic rings. The van der Waals surface area contributed by atoms with Crippen LogP contribution in [-0.2, 0) is 5.11 Å². The fraction of sp³-hybridized carbons (Fsp3) is 0.125. The van der Waals surface area contributed by atoms with Crippen molar-refractivity contribution in [1.29, 1.82) is 0 Å². The van der Waals surface area contributed by atoms with Crippen LogP contribution < -0.4 is 0 Å². The van der Waals surface area contributed by atoms with Crippen molar-refractivity contribution in [1.82, 2.24) is 0 Å². The number of hydrogen-bond donors (Lipinski definition) is 1. The first-order chi connectivity index (χ1) is 5.11. The normalized spacial score (nSPS) is 9.55. The van der Waals surface area contributed by atoms with E-state index in [-0.39, 0.29) is 11.3 Å². The highest BCUT2D eigenvalue weighted by molar-refractivity contribution is 5.88. The molecule has 0 amide bonds. The summed E-state index contributed by atoms with van der Waals surface area (Å²) < 4.78 is 0. The van der Waals surface area contributed by atoms with E-state index in [1.807, 2.05) is 0 Å². The van der Waals surface area contributed by atoms with Crippen LogP contribution in [0, 0.1) is 6.92 Å². The molecular weight excluding hydrogens is 144 g/mol. The number of aryl methyl sites for hydroxylation is 1. The molecule has 0 bridgehead atoms. The van der Waals surface area contributed by atoms with Crippen LogP contribution in [0.5, 0.6) is 5.75 Å². The van der Waals surface area contributed by atoms with Gasteiger partial charge in [0.2, 0.25) is 0 Å². The van der Waals surface area contributed by atoms with E-state index < -0.39 is 5.97 Å². The quantitative estimate of drug-likeness (QED) is 0.665. The minimum atomic E-state index is -1.01. The third kappa shape index (κ3) is 1.49. The van der Waals surface area contributed by atoms with Gasteiger partial charge in [-0.05, 0) is 30.7 Å². The monoisotopic (exact) mass is 151 g/mol. The molecule has 0 heterocycles. The van der Waals surface area contributed by atoms with E-state index in [9.17, 15) is 9.90 Å². The van der Waals surface area contributed by atoms with Gasteiger partial charge in [-0.1, -0.05) is 0 Å². The van der Waals surface area contributed by atoms with Gasteiger partial charge >= 0.3 is 5.97 Å². The molecule has 0 aliphatic carbocycles. The van der Waals surface area contributed by atoms with Gasteiger partial charge in [0.15, 0.2) is 5.75 Å². The minimum absolute atomic E-state index is 0.130. The molecule has 3 heteroatoms. The highest BCUT2D eigenvalue weighted by Gasteiger charge is 2.04. The molecule has 0 unspecified atom stereocenters. The Balaban J connectivity index is 3.15. The van der Waals surface area contributed by atoms with Gasteiger partial charge in [0.25, 0.3) is 0 Å². The van der Waals surface area contributed by atoms with Gasteiger partial charge in [0.05, 0.1) is 5.56 Å². The van der Waals surface area contributed by atoms with Crippen molar-refractivity contribution in [3.05, 3.63) is 29.3 Å². The largest absolute Gasteiger partial charge is 0.478 e. The number of carboxylic acid groups (broad SMARTS) is 1. The van der Waals surface area contributed by atoms with E-state index >= 15 is 0 Å². The third-order valence-corrected chi connectivity index (χ3v) is 1.42. The third-order valence-electron chi connectivity index (χ3n) is 1.42. The van der Waals surface area contributed by atoms with Crippen molar-refractivity contribution in [2.24, 2.45) is 0 Å². The summed E-state index contributed by atoms with van der Waals surface area (Å²) in [5, 5.41) is 19.3. The summed E-state index contributed by atoms with van der Waals surface area (Å²) in [6.07, 6.45) is 0. The lowest BCUT2D eigenvalue weighted by molar-refractivity contribution is 0.0697. The molecule has 1 aromatic carbocycles. The Labute approximate surface area is 63.9 Å². The fourth-order valence-corrected chi connectivity index (χ4v) is 0.782. The topological polar surface area (TPSA) is 57.2 Å². The van der Waals surface area contributed by atoms with Crippen LogP contribution in [0.4, 0.5) is 0 Å². The molecule has 0 atom stereocenters. The average Bonchev–Trinajstić information content (AvgIpc) is 1.94. The maximum atomic E-state index is 10.8. The molecule has 57 valence electrons. The van der Waals surface area contributed by atoms with Crippen molar-refractivity contribution >= 4 is 5.97 Å². The summed E-state index contributed by atoms with van der Waals surface area (Å²) in [6.45, 7) is 1.59. The van der Waals surface area contributed by atoms with Crippen molar-refractivity contribution < 1.29 is 15.0 Å². The second-order valence-electron chi connectivity index (χ2n) is 2.29. The number of carbonyl (C=O) groups is 1. The first-order valence-electron chi connectivity index (χ1n) is 3.12. The minimum Gasteiger partial charge on any atom is -0.478 e. The van der Waals surface area contributed by atoms with Crippen LogP contribution in [0.2, 0.25) is 0 Å². The van der Waals surface area contributed by atoms with E-state index in [2.05, 4.69) is 0 Å². The zero-order chi connectivity index (χ0) is 8.43. The van der Waals surface area contributed by atoms with Crippen LogP contribution in [0.3, 0.4) is 0 Å². The van der Waals surface area contributed by atoms with Gasteiger partial charge < -0.3 is 5.11 Å². The molecule has 0 aromatic heterocycles. The molecule has 1 radical (unpaired) electrons. The Morgan fingerprint density at radius 3 is 2.55 bits per heavy atom. The van der Waals surface area contributed by atoms with Gasteiger partial charge in [0, 0.05) is 0 Å². The summed E-state index contributed by atoms with van der Waals surface area (Å²) in [6, 6.07) is 3.93. The highest BCUT2D eigenvalue weighted by atomic mass is 16.4. The number of carboxylic acids is 1. The molecule has 11 heavy (non-hydrogen) atoms. The maximum Gasteiger partial charge on any atom is 0.335 e. The Kier molecular flexibility index (Phi) is 1.81. The number of benzene rings is 1. The summed E-state index contributed by atoms with van der Waals surface area (Å²) in [5.74, 6) is -1.14. The SMILES string of the molecule is Cc1cc(C(=O)O)ccc1[O]. The van der Waals surface area contributed by atoms with Crippen molar-refractivity contribution in [3.63, 3.8) is 0 Å². The molecular formula is C8H7O3. The van der Waals surface area contributed by atoms with Gasteiger partial charge in [0.1, 0.15) is 0 Å². The standard InChI is InChI=1S/C8H7O3/c1-5-4-6(8(10)11)2-3-7(5)9/h2-4H,1H3,(H,10,11). The van der Waals surface area contributed by atoms with Crippen LogP contribution in [0.1, 0.15) is 15.9 Å². The van der Waals surface area contributed by atoms with Crippen molar-refractivity contribution in [2.75, 3.05) is 0 Å². The molecule has 0 saturated heterocycles. The zero-order valence-corrected chi connectivity index (χ0v) is 6.00. The van der Waals surface area contributed by atoms with Crippen molar-refractivity contribution in [3.8, 4) is 5.75 Å². The molecule has 1 rings (SSSR count). The van der Waals surface area contributed by atoms with E-state index in [4.69, 9.17) is 5.11 Å². The van der Waals surface area contributed by atoms with E-state index in [1.165, 1.54) is 18.2 Å². The Hall–Kier alpha value is -1.51. The summed E-state index contributed by atoms with van der Waals surface area (Å²) >= 11 is 0. The summed E-state index contributed by atoms with van der Waals surface area (Å²) in [7, 11) is 0. The Bertz CT molecular complexity index is 291. The van der Waals surface area contributed by atoms with Crippen molar-refractivity contribution in [2.45, 2.75) is 6.92 Å². The van der Waals surface area contributed by atoms with E-state index in [0.717, 1.165) is 0 Å². The van der Waals surface area contributed by atoms with Gasteiger partial charge in [-0.2, -0.15) is 0 Å². The molecule has 0 saturated carbocycles. The van der Waals surface area contributed by atoms with Gasteiger partial charge in [-0.3, -0.25) is 5.11 Å². The van der Waals surface area contributed by atoms with E-state index in [1.54, 1.807) is 6.92 Å². The molecule has 0 aliphatic heterocycles. The highest BCUT2D eigenvalue weighted by Crippen LogP contribution is 2.17. The lowest BCUT2D eigenvalue weighted by Crippen LogP contribution is -1.95. The summed E-state index contributed by atoms with van der Waals surface area (Å²) in [5.41, 5.74) is 0.618. The number of aromatic carboxylic acids is 1. The van der Waals surface area contributed by atoms with Crippen LogP contribution in [0.15, 0.2) is 18.2 Å². The molecule has 0 fully saturated rings. The first-order valence-corrected chi connectivity index (χ1v) is 3.12. The Morgan fingerprint density at radius 2 is 2.09 bits per heavy atom. The van der Waals surface area contributed by atoms with Gasteiger partial charge in [-0.25, -0.2) is 4.79 Å².